The van der Waals surface area contributed by atoms with E-state index in [0.29, 0.717) is 13.0 Å². The zero-order chi connectivity index (χ0) is 12.0. The Morgan fingerprint density at radius 3 is 3.06 bits per heavy atom. The fourth-order valence-electron chi connectivity index (χ4n) is 1.04. The highest BCUT2D eigenvalue weighted by Gasteiger charge is 1.98. The molecule has 1 atom stereocenters. The molecule has 5 heteroatoms. The Balaban J connectivity index is 2.31. The summed E-state index contributed by atoms with van der Waals surface area (Å²) in [4.78, 5) is 12.3. The van der Waals surface area contributed by atoms with Crippen molar-refractivity contribution in [2.75, 3.05) is 6.54 Å². The van der Waals surface area contributed by atoms with Crippen LogP contribution in [0, 0.1) is 0 Å². The van der Waals surface area contributed by atoms with Crippen LogP contribution in [0.5, 0.6) is 0 Å². The number of thiophene rings is 1. The maximum Gasteiger partial charge on any atom is 0.244 e. The molecule has 1 rings (SSSR count). The number of amides is 1. The van der Waals surface area contributed by atoms with Gasteiger partial charge in [0.1, 0.15) is 0 Å². The van der Waals surface area contributed by atoms with Crippen molar-refractivity contribution in [3.8, 4) is 0 Å². The first-order valence-corrected chi connectivity index (χ1v) is 6.63. The van der Waals surface area contributed by atoms with E-state index < -0.39 is 0 Å². The number of aliphatic hydroxyl groups is 1. The highest BCUT2D eigenvalue weighted by atomic mass is 79.9. The molecule has 1 aromatic heterocycles. The largest absolute Gasteiger partial charge is 0.393 e. The lowest BCUT2D eigenvalue weighted by Crippen LogP contribution is -2.24. The van der Waals surface area contributed by atoms with E-state index in [9.17, 15) is 4.79 Å². The van der Waals surface area contributed by atoms with Crippen molar-refractivity contribution in [3.05, 3.63) is 26.9 Å². The topological polar surface area (TPSA) is 49.3 Å². The lowest BCUT2D eigenvalue weighted by Gasteiger charge is -2.03. The summed E-state index contributed by atoms with van der Waals surface area (Å²) in [6.45, 7) is 2.19. The molecule has 0 saturated heterocycles. The second kappa shape index (κ2) is 6.83. The van der Waals surface area contributed by atoms with Gasteiger partial charge in [-0.25, -0.2) is 0 Å². The molecule has 0 aliphatic rings. The van der Waals surface area contributed by atoms with E-state index in [-0.39, 0.29) is 12.0 Å². The fourth-order valence-corrected chi connectivity index (χ4v) is 2.37. The summed E-state index contributed by atoms with van der Waals surface area (Å²) in [5.41, 5.74) is 0. The van der Waals surface area contributed by atoms with E-state index in [1.165, 1.54) is 6.08 Å². The van der Waals surface area contributed by atoms with Crippen molar-refractivity contribution in [2.45, 2.75) is 19.4 Å². The van der Waals surface area contributed by atoms with Crippen LogP contribution < -0.4 is 5.32 Å². The summed E-state index contributed by atoms with van der Waals surface area (Å²) in [5, 5.41) is 13.7. The molecule has 1 unspecified atom stereocenters. The van der Waals surface area contributed by atoms with Crippen LogP contribution in [0.25, 0.3) is 6.08 Å². The third-order valence-electron chi connectivity index (χ3n) is 1.85. The molecule has 0 fully saturated rings. The summed E-state index contributed by atoms with van der Waals surface area (Å²) in [5.74, 6) is -0.134. The standard InChI is InChI=1S/C11H14BrNO2S/c1-8(14)4-5-13-11(15)3-2-10-6-9(12)7-16-10/h2-3,6-8,14H,4-5H2,1H3,(H,13,15). The molecule has 0 spiro atoms. The van der Waals surface area contributed by atoms with Crippen molar-refractivity contribution in [3.63, 3.8) is 0 Å². The maximum atomic E-state index is 11.3. The van der Waals surface area contributed by atoms with Crippen LogP contribution in [0.2, 0.25) is 0 Å². The number of nitrogens with one attached hydrogen (secondary N) is 1. The lowest BCUT2D eigenvalue weighted by molar-refractivity contribution is -0.116. The quantitative estimate of drug-likeness (QED) is 0.821. The number of carbonyl (C=O) groups excluding carboxylic acids is 1. The molecule has 2 N–H and O–H groups in total. The van der Waals surface area contributed by atoms with E-state index in [1.54, 1.807) is 24.3 Å². The summed E-state index contributed by atoms with van der Waals surface area (Å²) in [7, 11) is 0. The Hall–Kier alpha value is -0.650. The number of rotatable bonds is 5. The first-order chi connectivity index (χ1) is 7.58. The molecule has 88 valence electrons. The molecule has 3 nitrogen and oxygen atoms in total. The van der Waals surface area contributed by atoms with Crippen molar-refractivity contribution in [1.82, 2.24) is 5.32 Å². The minimum Gasteiger partial charge on any atom is -0.393 e. The second-order valence-electron chi connectivity index (χ2n) is 3.43. The van der Waals surface area contributed by atoms with Crippen LogP contribution >= 0.6 is 27.3 Å². The Morgan fingerprint density at radius 2 is 2.50 bits per heavy atom. The molecular weight excluding hydrogens is 290 g/mol. The van der Waals surface area contributed by atoms with Crippen LogP contribution in [0.3, 0.4) is 0 Å². The molecule has 16 heavy (non-hydrogen) atoms. The van der Waals surface area contributed by atoms with Crippen LogP contribution in [-0.2, 0) is 4.79 Å². The molecule has 0 saturated carbocycles. The van der Waals surface area contributed by atoms with Gasteiger partial charge in [-0.2, -0.15) is 0 Å². The average molecular weight is 304 g/mol. The Morgan fingerprint density at radius 1 is 1.75 bits per heavy atom. The Bertz CT molecular complexity index is 374. The van der Waals surface area contributed by atoms with Gasteiger partial charge in [0.05, 0.1) is 6.10 Å². The number of hydrogen-bond acceptors (Lipinski definition) is 3. The van der Waals surface area contributed by atoms with Crippen molar-refractivity contribution in [1.29, 1.82) is 0 Å². The Kier molecular flexibility index (Phi) is 5.73. The molecule has 0 aliphatic heterocycles. The first-order valence-electron chi connectivity index (χ1n) is 4.96. The van der Waals surface area contributed by atoms with Gasteiger partial charge in [-0.3, -0.25) is 4.79 Å². The highest BCUT2D eigenvalue weighted by molar-refractivity contribution is 9.10. The van der Waals surface area contributed by atoms with Gasteiger partial charge >= 0.3 is 0 Å². The van der Waals surface area contributed by atoms with Crippen LogP contribution in [0.1, 0.15) is 18.2 Å². The molecule has 0 radical (unpaired) electrons. The van der Waals surface area contributed by atoms with Gasteiger partial charge in [0.25, 0.3) is 0 Å². The van der Waals surface area contributed by atoms with Gasteiger partial charge < -0.3 is 10.4 Å². The smallest absolute Gasteiger partial charge is 0.244 e. The predicted octanol–water partition coefficient (Wildman–Crippen LogP) is 2.41. The second-order valence-corrected chi connectivity index (χ2v) is 5.29. The average Bonchev–Trinajstić information content (AvgIpc) is 2.61. The molecule has 0 aromatic carbocycles. The number of carbonyl (C=O) groups is 1. The first kappa shape index (κ1) is 13.4. The molecular formula is C11H14BrNO2S. The van der Waals surface area contributed by atoms with Gasteiger partial charge in [-0.05, 0) is 41.4 Å². The summed E-state index contributed by atoms with van der Waals surface area (Å²) < 4.78 is 1.02. The number of aliphatic hydroxyl groups excluding tert-OH is 1. The van der Waals surface area contributed by atoms with Gasteiger partial charge in [0.2, 0.25) is 5.91 Å². The minimum absolute atomic E-state index is 0.134. The van der Waals surface area contributed by atoms with Gasteiger partial charge in [0, 0.05) is 27.4 Å². The van der Waals surface area contributed by atoms with E-state index in [2.05, 4.69) is 21.2 Å². The van der Waals surface area contributed by atoms with Crippen LogP contribution in [0.4, 0.5) is 0 Å². The predicted molar refractivity (Wildman–Crippen MR) is 70.4 cm³/mol. The molecule has 0 aliphatic carbocycles. The zero-order valence-corrected chi connectivity index (χ0v) is 11.3. The minimum atomic E-state index is -0.377. The third-order valence-corrected chi connectivity index (χ3v) is 3.51. The van der Waals surface area contributed by atoms with Gasteiger partial charge in [-0.1, -0.05) is 0 Å². The van der Waals surface area contributed by atoms with E-state index in [4.69, 9.17) is 5.11 Å². The van der Waals surface area contributed by atoms with Crippen LogP contribution in [0.15, 0.2) is 22.0 Å². The maximum absolute atomic E-state index is 11.3. The van der Waals surface area contributed by atoms with Gasteiger partial charge in [0.15, 0.2) is 0 Å². The third kappa shape index (κ3) is 5.44. The normalized spacial score (nSPS) is 12.9. The van der Waals surface area contributed by atoms with Crippen molar-refractivity contribution < 1.29 is 9.90 Å². The van der Waals surface area contributed by atoms with Crippen molar-refractivity contribution >= 4 is 39.2 Å². The van der Waals surface area contributed by atoms with Crippen LogP contribution in [-0.4, -0.2) is 23.7 Å². The number of halogens is 1. The van der Waals surface area contributed by atoms with E-state index in [1.807, 2.05) is 11.4 Å². The highest BCUT2D eigenvalue weighted by Crippen LogP contribution is 2.20. The number of hydrogen-bond donors (Lipinski definition) is 2. The molecule has 1 aromatic rings. The molecule has 0 bridgehead atoms. The van der Waals surface area contributed by atoms with E-state index >= 15 is 0 Å². The van der Waals surface area contributed by atoms with Crippen molar-refractivity contribution in [2.24, 2.45) is 0 Å². The monoisotopic (exact) mass is 303 g/mol. The summed E-state index contributed by atoms with van der Waals surface area (Å²) in [6, 6.07) is 1.95. The zero-order valence-electron chi connectivity index (χ0n) is 8.94. The SMILES string of the molecule is CC(O)CCNC(=O)C=Cc1cc(Br)cs1. The van der Waals surface area contributed by atoms with E-state index in [0.717, 1.165) is 9.35 Å². The fraction of sp³-hybridized carbons (Fsp3) is 0.364. The molecule has 1 amide bonds. The Labute approximate surface area is 107 Å². The summed E-state index contributed by atoms with van der Waals surface area (Å²) in [6.07, 6.45) is 3.47. The summed E-state index contributed by atoms with van der Waals surface area (Å²) >= 11 is 4.91. The van der Waals surface area contributed by atoms with Gasteiger partial charge in [-0.15, -0.1) is 11.3 Å². The molecule has 1 heterocycles. The lowest BCUT2D eigenvalue weighted by atomic mass is 10.3.